The van der Waals surface area contributed by atoms with Crippen LogP contribution in [0, 0.1) is 6.92 Å². The van der Waals surface area contributed by atoms with Gasteiger partial charge in [0.1, 0.15) is 11.8 Å². The van der Waals surface area contributed by atoms with Crippen LogP contribution >= 0.6 is 0 Å². The molecule has 1 aliphatic rings. The molecule has 120 valence electrons. The van der Waals surface area contributed by atoms with Gasteiger partial charge in [0.05, 0.1) is 6.54 Å². The Bertz CT molecular complexity index is 794. The molecule has 8 nitrogen and oxygen atoms in total. The Morgan fingerprint density at radius 3 is 3.04 bits per heavy atom. The Morgan fingerprint density at radius 2 is 2.35 bits per heavy atom. The number of H-pyrrole nitrogens is 2. The minimum Gasteiger partial charge on any atom is -0.472 e. The fourth-order valence-corrected chi connectivity index (χ4v) is 2.46. The molecule has 0 saturated carbocycles. The molecule has 0 unspecified atom stereocenters. The van der Waals surface area contributed by atoms with Gasteiger partial charge in [0.2, 0.25) is 11.8 Å². The quantitative estimate of drug-likeness (QED) is 0.806. The lowest BCUT2D eigenvalue weighted by molar-refractivity contribution is -0.125. The lowest BCUT2D eigenvalue weighted by atomic mass is 10.2. The van der Waals surface area contributed by atoms with Crippen molar-refractivity contribution in [3.8, 4) is 17.4 Å². The van der Waals surface area contributed by atoms with Gasteiger partial charge in [-0.05, 0) is 19.1 Å². The zero-order chi connectivity index (χ0) is 16.4. The Balaban J connectivity index is 1.77. The molecule has 0 aromatic carbocycles. The maximum absolute atomic E-state index is 11.6. The first-order valence-corrected chi connectivity index (χ1v) is 7.27. The Morgan fingerprint density at radius 1 is 1.52 bits per heavy atom. The molecule has 1 aliphatic heterocycles. The Labute approximate surface area is 132 Å². The van der Waals surface area contributed by atoms with Crippen LogP contribution in [-0.4, -0.2) is 50.2 Å². The highest BCUT2D eigenvalue weighted by Gasteiger charge is 2.27. The fraction of sp³-hybridized carbons (Fsp3) is 0.333. The average molecular weight is 315 g/mol. The summed E-state index contributed by atoms with van der Waals surface area (Å²) in [6.07, 6.45) is 1.93. The Hall–Kier alpha value is -2.90. The van der Waals surface area contributed by atoms with Gasteiger partial charge in [-0.25, -0.2) is 14.9 Å². The molecule has 8 heteroatoms. The van der Waals surface area contributed by atoms with Crippen LogP contribution in [0.5, 0.6) is 5.88 Å². The molecule has 2 N–H and O–H groups in total. The molecule has 1 saturated heterocycles. The largest absolute Gasteiger partial charge is 0.472 e. The van der Waals surface area contributed by atoms with Crippen molar-refractivity contribution in [2.45, 2.75) is 19.4 Å². The van der Waals surface area contributed by atoms with Crippen molar-refractivity contribution in [3.63, 3.8) is 0 Å². The van der Waals surface area contributed by atoms with Gasteiger partial charge in [-0.3, -0.25) is 9.78 Å². The van der Waals surface area contributed by atoms with E-state index in [9.17, 15) is 9.59 Å². The number of carbonyl (C=O) groups excluding carboxylic acids is 1. The molecular weight excluding hydrogens is 298 g/mol. The van der Waals surface area contributed by atoms with Gasteiger partial charge in [-0.15, -0.1) is 0 Å². The zero-order valence-electron chi connectivity index (χ0n) is 12.7. The van der Waals surface area contributed by atoms with E-state index in [0.29, 0.717) is 30.5 Å². The average Bonchev–Trinajstić information content (AvgIpc) is 3.18. The molecule has 0 spiro atoms. The first-order valence-electron chi connectivity index (χ1n) is 7.27. The van der Waals surface area contributed by atoms with Crippen LogP contribution < -0.4 is 10.4 Å². The number of aromatic amines is 2. The molecule has 2 aromatic rings. The van der Waals surface area contributed by atoms with E-state index in [0.717, 1.165) is 12.0 Å². The summed E-state index contributed by atoms with van der Waals surface area (Å²) in [5.74, 6) is 0.739. The number of ether oxygens (including phenoxy) is 1. The van der Waals surface area contributed by atoms with E-state index in [1.165, 1.54) is 6.08 Å². The standard InChI is InChI=1S/C15H17N5O3/c1-3-12(21)20-7-6-10(8-20)23-14-9(2)4-5-11(16-14)13-17-15(22)19-18-13/h3-5,10H,1,6-8H2,2H3,(H2,17,18,19,22)/t10-/m0/s1. The maximum atomic E-state index is 11.6. The van der Waals surface area contributed by atoms with Gasteiger partial charge in [-0.2, -0.15) is 5.10 Å². The van der Waals surface area contributed by atoms with Crippen LogP contribution in [0.25, 0.3) is 11.5 Å². The topological polar surface area (TPSA) is 104 Å². The van der Waals surface area contributed by atoms with Crippen molar-refractivity contribution < 1.29 is 9.53 Å². The van der Waals surface area contributed by atoms with Crippen LogP contribution in [0.1, 0.15) is 12.0 Å². The molecule has 1 amide bonds. The number of aromatic nitrogens is 4. The summed E-state index contributed by atoms with van der Waals surface area (Å²) in [6, 6.07) is 3.61. The van der Waals surface area contributed by atoms with E-state index in [1.54, 1.807) is 11.0 Å². The van der Waals surface area contributed by atoms with E-state index in [-0.39, 0.29) is 17.7 Å². The number of hydrogen-bond acceptors (Lipinski definition) is 5. The van der Waals surface area contributed by atoms with Crippen molar-refractivity contribution >= 4 is 5.91 Å². The minimum absolute atomic E-state index is 0.0939. The van der Waals surface area contributed by atoms with Crippen molar-refractivity contribution in [3.05, 3.63) is 40.8 Å². The van der Waals surface area contributed by atoms with Gasteiger partial charge in [-0.1, -0.05) is 12.6 Å². The van der Waals surface area contributed by atoms with Gasteiger partial charge in [0, 0.05) is 18.5 Å². The minimum atomic E-state index is -0.390. The van der Waals surface area contributed by atoms with Gasteiger partial charge in [0.15, 0.2) is 5.82 Å². The monoisotopic (exact) mass is 315 g/mol. The van der Waals surface area contributed by atoms with Crippen LogP contribution in [0.4, 0.5) is 0 Å². The number of carbonyl (C=O) groups is 1. The van der Waals surface area contributed by atoms with Crippen LogP contribution in [-0.2, 0) is 4.79 Å². The number of aryl methyl sites for hydroxylation is 1. The zero-order valence-corrected chi connectivity index (χ0v) is 12.7. The highest BCUT2D eigenvalue weighted by atomic mass is 16.5. The second-order valence-electron chi connectivity index (χ2n) is 5.36. The third-order valence-corrected chi connectivity index (χ3v) is 3.70. The normalized spacial score (nSPS) is 17.3. The molecule has 0 bridgehead atoms. The Kier molecular flexibility index (Phi) is 3.96. The summed E-state index contributed by atoms with van der Waals surface area (Å²) in [7, 11) is 0. The molecule has 3 rings (SSSR count). The van der Waals surface area contributed by atoms with E-state index in [1.807, 2.05) is 13.0 Å². The lowest BCUT2D eigenvalue weighted by Crippen LogP contribution is -2.29. The number of rotatable bonds is 4. The number of likely N-dealkylation sites (tertiary alicyclic amines) is 1. The third kappa shape index (κ3) is 3.15. The highest BCUT2D eigenvalue weighted by molar-refractivity contribution is 5.87. The third-order valence-electron chi connectivity index (χ3n) is 3.70. The summed E-state index contributed by atoms with van der Waals surface area (Å²) in [6.45, 7) is 6.53. The summed E-state index contributed by atoms with van der Waals surface area (Å²) >= 11 is 0. The van der Waals surface area contributed by atoms with Gasteiger partial charge < -0.3 is 9.64 Å². The van der Waals surface area contributed by atoms with Gasteiger partial charge in [0.25, 0.3) is 0 Å². The molecule has 1 fully saturated rings. The van der Waals surface area contributed by atoms with Crippen molar-refractivity contribution in [1.82, 2.24) is 25.1 Å². The maximum Gasteiger partial charge on any atom is 0.340 e. The summed E-state index contributed by atoms with van der Waals surface area (Å²) in [5.41, 5.74) is 1.00. The first-order chi connectivity index (χ1) is 11.1. The number of nitrogens with zero attached hydrogens (tertiary/aromatic N) is 3. The number of pyridine rings is 1. The van der Waals surface area contributed by atoms with Crippen molar-refractivity contribution in [2.24, 2.45) is 0 Å². The van der Waals surface area contributed by atoms with Gasteiger partial charge >= 0.3 is 5.69 Å². The smallest absolute Gasteiger partial charge is 0.340 e. The fourth-order valence-electron chi connectivity index (χ4n) is 2.46. The number of hydrogen-bond donors (Lipinski definition) is 2. The first kappa shape index (κ1) is 15.0. The molecule has 0 radical (unpaired) electrons. The predicted octanol–water partition coefficient (Wildman–Crippen LogP) is 0.634. The number of nitrogens with one attached hydrogen (secondary N) is 2. The van der Waals surface area contributed by atoms with Crippen LogP contribution in [0.3, 0.4) is 0 Å². The lowest BCUT2D eigenvalue weighted by Gasteiger charge is -2.16. The van der Waals surface area contributed by atoms with E-state index >= 15 is 0 Å². The second kappa shape index (κ2) is 6.07. The van der Waals surface area contributed by atoms with Crippen molar-refractivity contribution in [2.75, 3.05) is 13.1 Å². The van der Waals surface area contributed by atoms with E-state index < -0.39 is 0 Å². The highest BCUT2D eigenvalue weighted by Crippen LogP contribution is 2.23. The second-order valence-corrected chi connectivity index (χ2v) is 5.36. The van der Waals surface area contributed by atoms with E-state index in [4.69, 9.17) is 4.74 Å². The molecule has 3 heterocycles. The van der Waals surface area contributed by atoms with Crippen LogP contribution in [0.15, 0.2) is 29.6 Å². The summed E-state index contributed by atoms with van der Waals surface area (Å²) in [4.78, 5) is 31.4. The van der Waals surface area contributed by atoms with Crippen LogP contribution in [0.2, 0.25) is 0 Å². The molecule has 2 aromatic heterocycles. The van der Waals surface area contributed by atoms with E-state index in [2.05, 4.69) is 26.7 Å². The predicted molar refractivity (Wildman–Crippen MR) is 83.0 cm³/mol. The summed E-state index contributed by atoms with van der Waals surface area (Å²) < 4.78 is 5.93. The molecule has 0 aliphatic carbocycles. The summed E-state index contributed by atoms with van der Waals surface area (Å²) in [5, 5.41) is 6.16. The van der Waals surface area contributed by atoms with Crippen molar-refractivity contribution in [1.29, 1.82) is 0 Å². The number of amides is 1. The SMILES string of the molecule is C=CC(=O)N1CC[C@H](Oc2nc(-c3n[nH]c(=O)[nH]3)ccc2C)C1. The molecular formula is C15H17N5O3. The molecule has 23 heavy (non-hydrogen) atoms. The molecule has 1 atom stereocenters.